The van der Waals surface area contributed by atoms with Crippen LogP contribution in [0.5, 0.6) is 0 Å². The van der Waals surface area contributed by atoms with Gasteiger partial charge in [0.1, 0.15) is 0 Å². The first-order chi connectivity index (χ1) is 15.2. The molecule has 164 valence electrons. The number of morpholine rings is 1. The van der Waals surface area contributed by atoms with Gasteiger partial charge in [-0.15, -0.1) is 0 Å². The fraction of sp³-hybridized carbons (Fsp3) is 0.524. The first-order valence-electron chi connectivity index (χ1n) is 10.8. The number of rotatable bonds is 6. The number of nitrogens with zero attached hydrogens (tertiary/aromatic N) is 7. The molecule has 2 aliphatic heterocycles. The molecule has 0 radical (unpaired) electrons. The number of halogens is 1. The highest BCUT2D eigenvalue weighted by molar-refractivity contribution is 5.78. The SMILES string of the molecule is Cn1nc(C2CCN(CCNc3nc(N4CCOCC4)ncc3F)C2)c2cccnc21. The van der Waals surface area contributed by atoms with Gasteiger partial charge in [-0.05, 0) is 25.1 Å². The van der Waals surface area contributed by atoms with E-state index in [4.69, 9.17) is 9.84 Å². The van der Waals surface area contributed by atoms with E-state index in [9.17, 15) is 4.39 Å². The molecule has 0 saturated carbocycles. The van der Waals surface area contributed by atoms with Crippen LogP contribution in [-0.2, 0) is 11.8 Å². The van der Waals surface area contributed by atoms with Gasteiger partial charge in [0.25, 0.3) is 0 Å². The summed E-state index contributed by atoms with van der Waals surface area (Å²) in [5, 5.41) is 9.02. The van der Waals surface area contributed by atoms with Gasteiger partial charge in [-0.25, -0.2) is 14.4 Å². The Morgan fingerprint density at radius 2 is 2.10 bits per heavy atom. The average Bonchev–Trinajstić information content (AvgIpc) is 3.40. The van der Waals surface area contributed by atoms with Crippen LogP contribution >= 0.6 is 0 Å². The highest BCUT2D eigenvalue weighted by Crippen LogP contribution is 2.30. The van der Waals surface area contributed by atoms with Crippen LogP contribution in [-0.4, -0.2) is 82.1 Å². The summed E-state index contributed by atoms with van der Waals surface area (Å²) in [5.74, 6) is 0.762. The molecule has 1 atom stereocenters. The fourth-order valence-corrected chi connectivity index (χ4v) is 4.41. The minimum atomic E-state index is -0.427. The van der Waals surface area contributed by atoms with Crippen LogP contribution in [0.1, 0.15) is 18.0 Å². The Kier molecular flexibility index (Phi) is 5.65. The zero-order chi connectivity index (χ0) is 21.2. The van der Waals surface area contributed by atoms with Crippen molar-refractivity contribution in [2.24, 2.45) is 7.05 Å². The van der Waals surface area contributed by atoms with Gasteiger partial charge in [0.15, 0.2) is 17.3 Å². The molecule has 1 unspecified atom stereocenters. The van der Waals surface area contributed by atoms with E-state index in [1.807, 2.05) is 22.7 Å². The molecule has 3 aromatic rings. The van der Waals surface area contributed by atoms with Crippen molar-refractivity contribution in [3.05, 3.63) is 36.0 Å². The van der Waals surface area contributed by atoms with Gasteiger partial charge in [0.2, 0.25) is 5.95 Å². The molecule has 9 nitrogen and oxygen atoms in total. The summed E-state index contributed by atoms with van der Waals surface area (Å²) in [7, 11) is 1.94. The molecule has 3 aromatic heterocycles. The summed E-state index contributed by atoms with van der Waals surface area (Å²) in [6.45, 7) is 6.09. The number of likely N-dealkylation sites (tertiary alicyclic amines) is 1. The van der Waals surface area contributed by atoms with Gasteiger partial charge in [-0.2, -0.15) is 10.1 Å². The summed E-state index contributed by atoms with van der Waals surface area (Å²) >= 11 is 0. The minimum absolute atomic E-state index is 0.258. The number of aryl methyl sites for hydroxylation is 1. The van der Waals surface area contributed by atoms with Crippen LogP contribution < -0.4 is 10.2 Å². The lowest BCUT2D eigenvalue weighted by Gasteiger charge is -2.27. The topological polar surface area (TPSA) is 84.2 Å². The lowest BCUT2D eigenvalue weighted by molar-refractivity contribution is 0.122. The smallest absolute Gasteiger partial charge is 0.227 e. The molecule has 0 spiro atoms. The number of aromatic nitrogens is 5. The van der Waals surface area contributed by atoms with Crippen LogP contribution in [0.25, 0.3) is 11.0 Å². The Balaban J connectivity index is 1.18. The molecule has 0 amide bonds. The second-order valence-electron chi connectivity index (χ2n) is 8.06. The Labute approximate surface area is 180 Å². The average molecular weight is 427 g/mol. The molecule has 0 aliphatic carbocycles. The number of nitrogens with one attached hydrogen (secondary N) is 1. The van der Waals surface area contributed by atoms with E-state index in [-0.39, 0.29) is 5.82 Å². The number of pyridine rings is 1. The van der Waals surface area contributed by atoms with Crippen LogP contribution in [0.4, 0.5) is 16.2 Å². The van der Waals surface area contributed by atoms with E-state index in [1.54, 1.807) is 6.20 Å². The molecule has 2 fully saturated rings. The third kappa shape index (κ3) is 4.17. The highest BCUT2D eigenvalue weighted by atomic mass is 19.1. The van der Waals surface area contributed by atoms with Crippen LogP contribution in [0.15, 0.2) is 24.5 Å². The Morgan fingerprint density at radius 1 is 1.23 bits per heavy atom. The fourth-order valence-electron chi connectivity index (χ4n) is 4.41. The summed E-state index contributed by atoms with van der Waals surface area (Å²) < 4.78 is 21.4. The highest BCUT2D eigenvalue weighted by Gasteiger charge is 2.27. The molecular weight excluding hydrogens is 399 g/mol. The Morgan fingerprint density at radius 3 is 2.97 bits per heavy atom. The molecule has 2 aliphatic rings. The van der Waals surface area contributed by atoms with E-state index in [2.05, 4.69) is 31.2 Å². The summed E-state index contributed by atoms with van der Waals surface area (Å²) in [6, 6.07) is 4.06. The van der Waals surface area contributed by atoms with Crippen LogP contribution in [0.2, 0.25) is 0 Å². The predicted octanol–water partition coefficient (Wildman–Crippen LogP) is 1.64. The number of hydrogen-bond donors (Lipinski definition) is 1. The summed E-state index contributed by atoms with van der Waals surface area (Å²) in [6.07, 6.45) is 4.10. The maximum atomic E-state index is 14.2. The maximum Gasteiger partial charge on any atom is 0.227 e. The predicted molar refractivity (Wildman–Crippen MR) is 116 cm³/mol. The van der Waals surface area contributed by atoms with Crippen LogP contribution in [0.3, 0.4) is 0 Å². The second-order valence-corrected chi connectivity index (χ2v) is 8.06. The molecule has 10 heteroatoms. The van der Waals surface area contributed by atoms with Gasteiger partial charge >= 0.3 is 0 Å². The van der Waals surface area contributed by atoms with Crippen molar-refractivity contribution in [1.82, 2.24) is 29.6 Å². The van der Waals surface area contributed by atoms with Crippen molar-refractivity contribution in [2.75, 3.05) is 62.7 Å². The third-order valence-corrected chi connectivity index (χ3v) is 6.03. The summed E-state index contributed by atoms with van der Waals surface area (Å²) in [5.41, 5.74) is 2.05. The molecule has 5 rings (SSSR count). The van der Waals surface area contributed by atoms with Crippen LogP contribution in [0, 0.1) is 5.82 Å². The lowest BCUT2D eigenvalue weighted by Crippen LogP contribution is -2.37. The zero-order valence-electron chi connectivity index (χ0n) is 17.7. The first kappa shape index (κ1) is 20.1. The molecule has 0 aromatic carbocycles. The van der Waals surface area contributed by atoms with Crippen molar-refractivity contribution in [2.45, 2.75) is 12.3 Å². The Hall–Kier alpha value is -2.85. The maximum absolute atomic E-state index is 14.2. The summed E-state index contributed by atoms with van der Waals surface area (Å²) in [4.78, 5) is 17.4. The first-order valence-corrected chi connectivity index (χ1v) is 10.8. The third-order valence-electron chi connectivity index (χ3n) is 6.03. The van der Waals surface area contributed by atoms with Gasteiger partial charge in [0, 0.05) is 57.3 Å². The molecule has 5 heterocycles. The normalized spacial score (nSPS) is 19.9. The van der Waals surface area contributed by atoms with Gasteiger partial charge < -0.3 is 19.9 Å². The number of anilines is 2. The zero-order valence-corrected chi connectivity index (χ0v) is 17.7. The van der Waals surface area contributed by atoms with E-state index in [0.717, 1.165) is 55.9 Å². The quantitative estimate of drug-likeness (QED) is 0.637. The van der Waals surface area contributed by atoms with Gasteiger partial charge in [-0.1, -0.05) is 0 Å². The van der Waals surface area contributed by atoms with Crippen molar-refractivity contribution >= 4 is 22.8 Å². The Bertz CT molecular complexity index is 1050. The van der Waals surface area contributed by atoms with E-state index in [1.165, 1.54) is 6.20 Å². The van der Waals surface area contributed by atoms with E-state index < -0.39 is 5.82 Å². The minimum Gasteiger partial charge on any atom is -0.378 e. The largest absolute Gasteiger partial charge is 0.378 e. The second kappa shape index (κ2) is 8.72. The standard InChI is InChI=1S/C21H27FN8O/c1-28-20-16(3-2-5-24-20)18(27-28)15-4-7-29(14-15)8-6-23-19-17(22)13-25-21(26-19)30-9-11-31-12-10-30/h2-3,5,13,15H,4,6-12,14H2,1H3,(H,23,25,26). The molecule has 0 bridgehead atoms. The molecular formula is C21H27FN8O. The van der Waals surface area contributed by atoms with E-state index in [0.29, 0.717) is 31.6 Å². The van der Waals surface area contributed by atoms with Crippen molar-refractivity contribution in [3.8, 4) is 0 Å². The van der Waals surface area contributed by atoms with Crippen molar-refractivity contribution in [3.63, 3.8) is 0 Å². The number of ether oxygens (including phenoxy) is 1. The number of fused-ring (bicyclic) bond motifs is 1. The van der Waals surface area contributed by atoms with Crippen molar-refractivity contribution < 1.29 is 9.13 Å². The molecule has 2 saturated heterocycles. The van der Waals surface area contributed by atoms with Gasteiger partial charge in [0.05, 0.1) is 25.1 Å². The van der Waals surface area contributed by atoms with Crippen molar-refractivity contribution in [1.29, 1.82) is 0 Å². The lowest BCUT2D eigenvalue weighted by atomic mass is 10.0. The van der Waals surface area contributed by atoms with Gasteiger partial charge in [-0.3, -0.25) is 4.68 Å². The van der Waals surface area contributed by atoms with E-state index >= 15 is 0 Å². The molecule has 1 N–H and O–H groups in total. The monoisotopic (exact) mass is 426 g/mol. The molecule has 31 heavy (non-hydrogen) atoms. The number of hydrogen-bond acceptors (Lipinski definition) is 8.